The number of hydrogen-bond acceptors (Lipinski definition) is 6. The maximum Gasteiger partial charge on any atom is 0.276 e. The minimum atomic E-state index is -0.213. The third-order valence-electron chi connectivity index (χ3n) is 5.55. The van der Waals surface area contributed by atoms with Gasteiger partial charge in [-0.2, -0.15) is 0 Å². The predicted octanol–water partition coefficient (Wildman–Crippen LogP) is 0.368. The monoisotopic (exact) mass is 371 g/mol. The van der Waals surface area contributed by atoms with Crippen LogP contribution >= 0.6 is 0 Å². The maximum absolute atomic E-state index is 12.8. The summed E-state index contributed by atoms with van der Waals surface area (Å²) in [6.45, 7) is 4.21. The van der Waals surface area contributed by atoms with Gasteiger partial charge in [0, 0.05) is 19.6 Å². The first-order valence-electron chi connectivity index (χ1n) is 9.51. The van der Waals surface area contributed by atoms with Gasteiger partial charge in [0.2, 0.25) is 0 Å². The average Bonchev–Trinajstić information content (AvgIpc) is 3.32. The Morgan fingerprint density at radius 2 is 2.19 bits per heavy atom. The second kappa shape index (κ2) is 7.22. The number of aryl methyl sites for hydroxylation is 2. The predicted molar refractivity (Wildman–Crippen MR) is 98.1 cm³/mol. The highest BCUT2D eigenvalue weighted by Gasteiger charge is 2.30. The van der Waals surface area contributed by atoms with Gasteiger partial charge in [0.05, 0.1) is 30.5 Å². The number of piperidine rings is 1. The molecule has 144 valence electrons. The number of hydrogen-bond donors (Lipinski definition) is 1. The van der Waals surface area contributed by atoms with Crippen LogP contribution in [0.1, 0.15) is 53.3 Å². The van der Waals surface area contributed by atoms with Crippen molar-refractivity contribution >= 4 is 5.91 Å². The second-order valence-corrected chi connectivity index (χ2v) is 7.41. The zero-order valence-electron chi connectivity index (χ0n) is 15.8. The summed E-state index contributed by atoms with van der Waals surface area (Å²) in [6, 6.07) is 0.515. The van der Waals surface area contributed by atoms with E-state index in [1.807, 2.05) is 0 Å². The zero-order chi connectivity index (χ0) is 19.0. The Hall–Kier alpha value is -2.55. The molecule has 0 unspecified atom stereocenters. The highest BCUT2D eigenvalue weighted by Crippen LogP contribution is 2.20. The lowest BCUT2D eigenvalue weighted by Crippen LogP contribution is -2.34. The lowest BCUT2D eigenvalue weighted by Gasteiger charge is -2.23. The summed E-state index contributed by atoms with van der Waals surface area (Å²) in [5.74, 6) is 0.435. The minimum absolute atomic E-state index is 0.0866. The Morgan fingerprint density at radius 1 is 1.33 bits per heavy atom. The second-order valence-electron chi connectivity index (χ2n) is 7.41. The Bertz CT molecular complexity index is 911. The smallest absolute Gasteiger partial charge is 0.276 e. The third kappa shape index (κ3) is 3.51. The fourth-order valence-corrected chi connectivity index (χ4v) is 3.80. The summed E-state index contributed by atoms with van der Waals surface area (Å²) in [6.07, 6.45) is 6.37. The number of aromatic nitrogens is 5. The molecule has 2 aliphatic rings. The van der Waals surface area contributed by atoms with E-state index in [1.165, 1.54) is 23.8 Å². The van der Waals surface area contributed by atoms with Crippen LogP contribution in [0.15, 0.2) is 11.0 Å². The zero-order valence-corrected chi connectivity index (χ0v) is 15.8. The average molecular weight is 371 g/mol. The molecule has 1 fully saturated rings. The fraction of sp³-hybridized carbons (Fsp3) is 0.611. The number of fused-ring (bicyclic) bond motifs is 1. The molecule has 27 heavy (non-hydrogen) atoms. The molecule has 2 aliphatic heterocycles. The third-order valence-corrected chi connectivity index (χ3v) is 5.55. The topological polar surface area (TPSA) is 97.9 Å². The fourth-order valence-electron chi connectivity index (χ4n) is 3.80. The molecule has 4 heterocycles. The molecule has 1 amide bonds. The van der Waals surface area contributed by atoms with Crippen molar-refractivity contribution in [3.63, 3.8) is 0 Å². The normalized spacial score (nSPS) is 19.3. The Balaban J connectivity index is 1.41. The first kappa shape index (κ1) is 17.8. The van der Waals surface area contributed by atoms with Gasteiger partial charge in [-0.05, 0) is 32.7 Å². The van der Waals surface area contributed by atoms with Crippen LogP contribution in [0.5, 0.6) is 0 Å². The summed E-state index contributed by atoms with van der Waals surface area (Å²) in [5.41, 5.74) is 1.50. The number of amides is 1. The summed E-state index contributed by atoms with van der Waals surface area (Å²) in [5, 5.41) is 11.7. The molecule has 0 aromatic carbocycles. The molecule has 0 saturated carbocycles. The van der Waals surface area contributed by atoms with E-state index in [4.69, 9.17) is 0 Å². The molecule has 0 aliphatic carbocycles. The Kier molecular flexibility index (Phi) is 4.77. The van der Waals surface area contributed by atoms with Crippen molar-refractivity contribution in [3.8, 4) is 0 Å². The quantitative estimate of drug-likeness (QED) is 0.834. The largest absolute Gasteiger partial charge is 0.327 e. The van der Waals surface area contributed by atoms with Crippen LogP contribution in [0, 0.1) is 6.92 Å². The molecule has 1 N–H and O–H groups in total. The van der Waals surface area contributed by atoms with E-state index in [0.717, 1.165) is 19.5 Å². The molecule has 9 nitrogen and oxygen atoms in total. The van der Waals surface area contributed by atoms with Crippen LogP contribution in [0.2, 0.25) is 0 Å². The molecule has 9 heteroatoms. The van der Waals surface area contributed by atoms with Gasteiger partial charge < -0.3 is 10.2 Å². The minimum Gasteiger partial charge on any atom is -0.327 e. The van der Waals surface area contributed by atoms with Crippen LogP contribution in [0.25, 0.3) is 0 Å². The SMILES string of the molecule is Cc1nc2c(c(=O)n1C)CN(C(=O)c1cn(CC[C@@H]3CCCCN3)nn1)C2. The summed E-state index contributed by atoms with van der Waals surface area (Å²) >= 11 is 0. The van der Waals surface area contributed by atoms with Crippen LogP contribution in [0.4, 0.5) is 0 Å². The number of carbonyl (C=O) groups is 1. The van der Waals surface area contributed by atoms with Gasteiger partial charge >= 0.3 is 0 Å². The molecule has 0 bridgehead atoms. The van der Waals surface area contributed by atoms with Gasteiger partial charge in [-0.3, -0.25) is 18.8 Å². The lowest BCUT2D eigenvalue weighted by atomic mass is 10.0. The lowest BCUT2D eigenvalue weighted by molar-refractivity contribution is 0.0744. The maximum atomic E-state index is 12.8. The van der Waals surface area contributed by atoms with Crippen LogP contribution < -0.4 is 10.9 Å². The highest BCUT2D eigenvalue weighted by molar-refractivity contribution is 5.92. The van der Waals surface area contributed by atoms with Crippen molar-refractivity contribution < 1.29 is 4.79 Å². The van der Waals surface area contributed by atoms with Crippen LogP contribution in [-0.4, -0.2) is 47.9 Å². The van der Waals surface area contributed by atoms with Crippen molar-refractivity contribution in [2.75, 3.05) is 6.54 Å². The van der Waals surface area contributed by atoms with E-state index in [1.54, 1.807) is 29.7 Å². The molecule has 2 aromatic heterocycles. The number of carbonyl (C=O) groups excluding carboxylic acids is 1. The summed E-state index contributed by atoms with van der Waals surface area (Å²) in [7, 11) is 1.70. The Morgan fingerprint density at radius 3 is 2.96 bits per heavy atom. The Labute approximate surface area is 157 Å². The van der Waals surface area contributed by atoms with Gasteiger partial charge in [-0.1, -0.05) is 11.6 Å². The number of nitrogens with one attached hydrogen (secondary N) is 1. The summed E-state index contributed by atoms with van der Waals surface area (Å²) in [4.78, 5) is 31.2. The van der Waals surface area contributed by atoms with Crippen molar-refractivity contribution in [2.45, 2.75) is 58.3 Å². The van der Waals surface area contributed by atoms with E-state index in [9.17, 15) is 9.59 Å². The van der Waals surface area contributed by atoms with E-state index in [-0.39, 0.29) is 18.0 Å². The van der Waals surface area contributed by atoms with Gasteiger partial charge in [-0.15, -0.1) is 5.10 Å². The molecule has 1 saturated heterocycles. The van der Waals surface area contributed by atoms with Crippen LogP contribution in [-0.2, 0) is 26.7 Å². The van der Waals surface area contributed by atoms with Crippen LogP contribution in [0.3, 0.4) is 0 Å². The molecule has 4 rings (SSSR count). The first-order chi connectivity index (χ1) is 13.0. The van der Waals surface area contributed by atoms with Gasteiger partial charge in [0.25, 0.3) is 11.5 Å². The highest BCUT2D eigenvalue weighted by atomic mass is 16.2. The number of rotatable bonds is 4. The first-order valence-corrected chi connectivity index (χ1v) is 9.51. The van der Waals surface area contributed by atoms with Crippen molar-refractivity contribution in [2.24, 2.45) is 7.05 Å². The van der Waals surface area contributed by atoms with Crippen molar-refractivity contribution in [1.82, 2.24) is 34.8 Å². The van der Waals surface area contributed by atoms with Gasteiger partial charge in [0.15, 0.2) is 5.69 Å². The molecular formula is C18H25N7O2. The van der Waals surface area contributed by atoms with Crippen molar-refractivity contribution in [1.29, 1.82) is 0 Å². The van der Waals surface area contributed by atoms with Gasteiger partial charge in [-0.25, -0.2) is 4.98 Å². The number of nitrogens with zero attached hydrogens (tertiary/aromatic N) is 6. The molecule has 1 atom stereocenters. The van der Waals surface area contributed by atoms with E-state index in [0.29, 0.717) is 35.4 Å². The van der Waals surface area contributed by atoms with Gasteiger partial charge in [0.1, 0.15) is 5.82 Å². The van der Waals surface area contributed by atoms with E-state index < -0.39 is 0 Å². The molecular weight excluding hydrogens is 346 g/mol. The molecule has 0 spiro atoms. The van der Waals surface area contributed by atoms with Crippen molar-refractivity contribution in [3.05, 3.63) is 39.3 Å². The standard InChI is InChI=1S/C18H25N7O2/c1-12-20-15-10-24(9-14(15)17(26)23(12)2)18(27)16-11-25(22-21-16)8-6-13-5-3-4-7-19-13/h11,13,19H,3-10H2,1-2H3/t13-/m0/s1. The summed E-state index contributed by atoms with van der Waals surface area (Å²) < 4.78 is 3.25. The van der Waals surface area contributed by atoms with E-state index in [2.05, 4.69) is 20.6 Å². The molecule has 2 aromatic rings. The van der Waals surface area contributed by atoms with E-state index >= 15 is 0 Å². The molecule has 0 radical (unpaired) electrons.